The number of rotatable bonds is 4. The van der Waals surface area contributed by atoms with Gasteiger partial charge in [-0.05, 0) is 30.7 Å². The van der Waals surface area contributed by atoms with Crippen molar-refractivity contribution < 1.29 is 45.8 Å². The van der Waals surface area contributed by atoms with E-state index in [2.05, 4.69) is 5.10 Å². The fourth-order valence-corrected chi connectivity index (χ4v) is 3.03. The van der Waals surface area contributed by atoms with Gasteiger partial charge in [0.2, 0.25) is 0 Å². The van der Waals surface area contributed by atoms with E-state index < -0.39 is 47.7 Å². The third kappa shape index (κ3) is 5.27. The number of alkyl halides is 6. The van der Waals surface area contributed by atoms with Crippen LogP contribution in [0.15, 0.2) is 24.3 Å². The van der Waals surface area contributed by atoms with E-state index in [1.165, 1.54) is 15.6 Å². The van der Waals surface area contributed by atoms with Crippen LogP contribution in [0.25, 0.3) is 0 Å². The number of nitrogens with zero attached hydrogens (tertiary/aromatic N) is 3. The van der Waals surface area contributed by atoms with Gasteiger partial charge in [0, 0.05) is 13.1 Å². The number of hydrogen-bond acceptors (Lipinski definition) is 4. The molecule has 0 spiro atoms. The highest BCUT2D eigenvalue weighted by Gasteiger charge is 2.37. The van der Waals surface area contributed by atoms with Crippen molar-refractivity contribution in [1.29, 1.82) is 0 Å². The summed E-state index contributed by atoms with van der Waals surface area (Å²) >= 11 is 0. The smallest absolute Gasteiger partial charge is 0.416 e. The van der Waals surface area contributed by atoms with Crippen molar-refractivity contribution in [3.63, 3.8) is 0 Å². The Hall–Kier alpha value is -3.25. The van der Waals surface area contributed by atoms with E-state index in [9.17, 15) is 35.9 Å². The van der Waals surface area contributed by atoms with Crippen LogP contribution in [0.1, 0.15) is 33.7 Å². The lowest BCUT2D eigenvalue weighted by Gasteiger charge is -2.20. The predicted octanol–water partition coefficient (Wildman–Crippen LogP) is 3.43. The van der Waals surface area contributed by atoms with Gasteiger partial charge >= 0.3 is 18.3 Å². The number of carbonyl (C=O) groups excluding carboxylic acids is 1. The monoisotopic (exact) mass is 451 g/mol. The summed E-state index contributed by atoms with van der Waals surface area (Å²) in [6.07, 6.45) is -9.65. The van der Waals surface area contributed by atoms with Gasteiger partial charge < -0.3 is 14.7 Å². The van der Waals surface area contributed by atoms with Crippen LogP contribution in [0.4, 0.5) is 26.3 Å². The lowest BCUT2D eigenvalue weighted by atomic mass is 10.1. The SMILES string of the molecule is O=C(O)c1cc2n(n1)CCCN(C(=O)COc1cc(C(F)(F)F)cc(C(F)(F)F)c1)C2. The largest absolute Gasteiger partial charge is 0.484 e. The Morgan fingerprint density at radius 3 is 2.16 bits per heavy atom. The standard InChI is InChI=1S/C18H15F6N3O4/c19-17(20,21)10-4-11(18(22,23)24)6-13(5-10)31-9-15(28)26-2-1-3-27-12(8-26)7-14(25-27)16(29)30/h4-7H,1-3,8-9H2,(H,29,30). The van der Waals surface area contributed by atoms with Crippen molar-refractivity contribution in [3.05, 3.63) is 46.8 Å². The summed E-state index contributed by atoms with van der Waals surface area (Å²) in [7, 11) is 0. The molecule has 0 saturated carbocycles. The Bertz CT molecular complexity index is 967. The van der Waals surface area contributed by atoms with Gasteiger partial charge in [-0.2, -0.15) is 31.4 Å². The number of carboxylic acid groups (broad SMARTS) is 1. The molecule has 1 aromatic heterocycles. The minimum absolute atomic E-state index is 0.0289. The molecular weight excluding hydrogens is 436 g/mol. The third-order valence-electron chi connectivity index (χ3n) is 4.51. The van der Waals surface area contributed by atoms with Gasteiger partial charge in [0.25, 0.3) is 5.91 Å². The number of fused-ring (bicyclic) bond motifs is 1. The van der Waals surface area contributed by atoms with E-state index in [1.54, 1.807) is 0 Å². The normalized spacial score (nSPS) is 14.7. The first-order valence-electron chi connectivity index (χ1n) is 8.84. The van der Waals surface area contributed by atoms with Gasteiger partial charge in [-0.25, -0.2) is 4.79 Å². The van der Waals surface area contributed by atoms with Crippen molar-refractivity contribution >= 4 is 11.9 Å². The molecule has 0 bridgehead atoms. The zero-order valence-corrected chi connectivity index (χ0v) is 15.6. The maximum atomic E-state index is 12.9. The van der Waals surface area contributed by atoms with Gasteiger partial charge in [0.1, 0.15) is 5.75 Å². The van der Waals surface area contributed by atoms with Crippen LogP contribution in [-0.4, -0.2) is 44.8 Å². The van der Waals surface area contributed by atoms with Crippen LogP contribution in [0.5, 0.6) is 5.75 Å². The van der Waals surface area contributed by atoms with E-state index in [4.69, 9.17) is 9.84 Å². The quantitative estimate of drug-likeness (QED) is 0.721. The number of benzene rings is 1. The molecule has 0 saturated heterocycles. The molecule has 168 valence electrons. The summed E-state index contributed by atoms with van der Waals surface area (Å²) in [5, 5.41) is 12.9. The molecule has 1 amide bonds. The highest BCUT2D eigenvalue weighted by Crippen LogP contribution is 2.38. The molecule has 13 heteroatoms. The lowest BCUT2D eigenvalue weighted by molar-refractivity contribution is -0.143. The molecule has 0 radical (unpaired) electrons. The maximum Gasteiger partial charge on any atom is 0.416 e. The van der Waals surface area contributed by atoms with Gasteiger partial charge in [0.15, 0.2) is 12.3 Å². The van der Waals surface area contributed by atoms with Gasteiger partial charge in [-0.15, -0.1) is 0 Å². The van der Waals surface area contributed by atoms with Crippen LogP contribution < -0.4 is 4.74 Å². The molecule has 1 aromatic carbocycles. The minimum atomic E-state index is -5.03. The van der Waals surface area contributed by atoms with Crippen molar-refractivity contribution in [1.82, 2.24) is 14.7 Å². The van der Waals surface area contributed by atoms with Gasteiger partial charge in [-0.1, -0.05) is 0 Å². The molecule has 31 heavy (non-hydrogen) atoms. The number of halogens is 6. The third-order valence-corrected chi connectivity index (χ3v) is 4.51. The number of aryl methyl sites for hydroxylation is 1. The van der Waals surface area contributed by atoms with E-state index in [1.807, 2.05) is 0 Å². The number of aromatic carboxylic acids is 1. The Morgan fingerprint density at radius 2 is 1.61 bits per heavy atom. The van der Waals surface area contributed by atoms with Crippen LogP contribution >= 0.6 is 0 Å². The summed E-state index contributed by atoms with van der Waals surface area (Å²) in [5.74, 6) is -2.67. The average molecular weight is 451 g/mol. The second-order valence-corrected chi connectivity index (χ2v) is 6.75. The molecular formula is C18H15F6N3O4. The summed E-state index contributed by atoms with van der Waals surface area (Å²) in [6, 6.07) is 2.03. The Morgan fingerprint density at radius 1 is 1.00 bits per heavy atom. The fraction of sp³-hybridized carbons (Fsp3) is 0.389. The van der Waals surface area contributed by atoms with Crippen molar-refractivity contribution in [2.75, 3.05) is 13.2 Å². The molecule has 0 unspecified atom stereocenters. The average Bonchev–Trinajstić information content (AvgIpc) is 2.96. The Labute approximate surface area is 170 Å². The molecule has 1 aliphatic heterocycles. The predicted molar refractivity (Wildman–Crippen MR) is 91.2 cm³/mol. The van der Waals surface area contributed by atoms with E-state index in [0.717, 1.165) is 0 Å². The highest BCUT2D eigenvalue weighted by molar-refractivity contribution is 5.85. The minimum Gasteiger partial charge on any atom is -0.484 e. The van der Waals surface area contributed by atoms with Crippen molar-refractivity contribution in [3.8, 4) is 5.75 Å². The lowest BCUT2D eigenvalue weighted by Crippen LogP contribution is -2.34. The topological polar surface area (TPSA) is 84.7 Å². The number of aromatic nitrogens is 2. The number of carboxylic acids is 1. The van der Waals surface area contributed by atoms with E-state index >= 15 is 0 Å². The summed E-state index contributed by atoms with van der Waals surface area (Å²) < 4.78 is 83.9. The van der Waals surface area contributed by atoms with E-state index in [0.29, 0.717) is 30.8 Å². The van der Waals surface area contributed by atoms with E-state index in [-0.39, 0.29) is 24.8 Å². The van der Waals surface area contributed by atoms with Crippen LogP contribution in [-0.2, 0) is 30.2 Å². The summed E-state index contributed by atoms with van der Waals surface area (Å²) in [6.45, 7) is -0.252. The number of amides is 1. The summed E-state index contributed by atoms with van der Waals surface area (Å²) in [5.41, 5.74) is -2.87. The number of carbonyl (C=O) groups is 2. The molecule has 0 aliphatic carbocycles. The molecule has 1 N–H and O–H groups in total. The Balaban J connectivity index is 1.74. The molecule has 3 rings (SSSR count). The first kappa shape index (κ1) is 22.4. The van der Waals surface area contributed by atoms with Gasteiger partial charge in [-0.3, -0.25) is 9.48 Å². The maximum absolute atomic E-state index is 12.9. The zero-order valence-electron chi connectivity index (χ0n) is 15.6. The Kier molecular flexibility index (Phi) is 5.87. The van der Waals surface area contributed by atoms with Crippen molar-refractivity contribution in [2.45, 2.75) is 31.9 Å². The summed E-state index contributed by atoms with van der Waals surface area (Å²) in [4.78, 5) is 24.8. The molecule has 7 nitrogen and oxygen atoms in total. The number of ether oxygens (including phenoxy) is 1. The first-order valence-corrected chi connectivity index (χ1v) is 8.84. The molecule has 0 fully saturated rings. The van der Waals surface area contributed by atoms with Crippen LogP contribution in [0, 0.1) is 0 Å². The molecule has 1 aliphatic rings. The van der Waals surface area contributed by atoms with Crippen molar-refractivity contribution in [2.24, 2.45) is 0 Å². The molecule has 2 heterocycles. The zero-order chi connectivity index (χ0) is 23.0. The molecule has 0 atom stereocenters. The molecule has 2 aromatic rings. The van der Waals surface area contributed by atoms with Gasteiger partial charge in [0.05, 0.1) is 23.4 Å². The fourth-order valence-electron chi connectivity index (χ4n) is 3.03. The first-order chi connectivity index (χ1) is 14.3. The second-order valence-electron chi connectivity index (χ2n) is 6.75. The van der Waals surface area contributed by atoms with Crippen LogP contribution in [0.2, 0.25) is 0 Å². The highest BCUT2D eigenvalue weighted by atomic mass is 19.4. The number of hydrogen-bond donors (Lipinski definition) is 1. The second kappa shape index (κ2) is 8.12. The van der Waals surface area contributed by atoms with Crippen LogP contribution in [0.3, 0.4) is 0 Å².